The summed E-state index contributed by atoms with van der Waals surface area (Å²) >= 11 is 0. The van der Waals surface area contributed by atoms with Crippen LogP contribution >= 0.6 is 7.26 Å². The lowest BCUT2D eigenvalue weighted by Gasteiger charge is -2.26. The molecule has 3 aromatic rings. The molecule has 0 bridgehead atoms. The van der Waals surface area contributed by atoms with Crippen LogP contribution in [0.2, 0.25) is 0 Å². The normalized spacial score (nSPS) is 11.1. The van der Waals surface area contributed by atoms with Crippen molar-refractivity contribution in [1.82, 2.24) is 0 Å². The van der Waals surface area contributed by atoms with Crippen LogP contribution in [0.25, 0.3) is 0 Å². The maximum Gasteiger partial charge on any atom is 0.345 e. The lowest BCUT2D eigenvalue weighted by Crippen LogP contribution is -2.36. The lowest BCUT2D eigenvalue weighted by molar-refractivity contribution is -0.140. The summed E-state index contributed by atoms with van der Waals surface area (Å²) in [4.78, 5) is 12.8. The van der Waals surface area contributed by atoms with Crippen LogP contribution < -0.4 is 15.9 Å². The second kappa shape index (κ2) is 9.45. The Morgan fingerprint density at radius 2 is 1.15 bits per heavy atom. The van der Waals surface area contributed by atoms with Gasteiger partial charge in [-0.25, -0.2) is 4.79 Å². The van der Waals surface area contributed by atoms with E-state index in [-0.39, 0.29) is 19.2 Å². The molecule has 0 aliphatic heterocycles. The molecule has 0 aliphatic rings. The summed E-state index contributed by atoms with van der Waals surface area (Å²) in [5.74, 6) is -0.228. The van der Waals surface area contributed by atoms with Crippen LogP contribution in [-0.4, -0.2) is 30.5 Å². The molecule has 3 nitrogen and oxygen atoms in total. The molecule has 3 rings (SSSR count). The van der Waals surface area contributed by atoms with Gasteiger partial charge >= 0.3 is 5.97 Å². The molecule has 4 heteroatoms. The Kier molecular flexibility index (Phi) is 6.75. The number of esters is 1. The summed E-state index contributed by atoms with van der Waals surface area (Å²) in [5, 5.41) is 12.4. The molecular weight excluding hydrogens is 355 g/mol. The van der Waals surface area contributed by atoms with Crippen LogP contribution in [0.4, 0.5) is 0 Å². The highest BCUT2D eigenvalue weighted by molar-refractivity contribution is 7.96. The average Bonchev–Trinajstić information content (AvgIpc) is 2.74. The van der Waals surface area contributed by atoms with Crippen molar-refractivity contribution in [3.05, 3.63) is 91.0 Å². The Morgan fingerprint density at radius 1 is 0.741 bits per heavy atom. The smallest absolute Gasteiger partial charge is 0.345 e. The molecule has 0 aliphatic carbocycles. The molecule has 1 N–H and O–H groups in total. The summed E-state index contributed by atoms with van der Waals surface area (Å²) in [6, 6.07) is 30.7. The summed E-state index contributed by atoms with van der Waals surface area (Å²) in [5.41, 5.74) is 0. The molecule has 0 unspecified atom stereocenters. The van der Waals surface area contributed by atoms with Gasteiger partial charge in [0.05, 0.1) is 6.61 Å². The van der Waals surface area contributed by atoms with Gasteiger partial charge in [-0.3, -0.25) is 0 Å². The van der Waals surface area contributed by atoms with Crippen molar-refractivity contribution in [2.45, 2.75) is 6.42 Å². The van der Waals surface area contributed by atoms with Crippen LogP contribution in [0.5, 0.6) is 0 Å². The molecule has 0 saturated carbocycles. The first-order valence-corrected chi connectivity index (χ1v) is 11.1. The molecule has 0 aromatic heterocycles. The van der Waals surface area contributed by atoms with Gasteiger partial charge in [-0.1, -0.05) is 54.6 Å². The van der Waals surface area contributed by atoms with Gasteiger partial charge in [0.25, 0.3) is 0 Å². The van der Waals surface area contributed by atoms with E-state index in [2.05, 4.69) is 36.4 Å². The number of carbonyl (C=O) groups excluding carboxylic acids is 1. The molecule has 138 valence electrons. The van der Waals surface area contributed by atoms with Crippen molar-refractivity contribution in [3.8, 4) is 0 Å². The second-order valence-electron chi connectivity index (χ2n) is 6.27. The van der Waals surface area contributed by atoms with Gasteiger partial charge in [0.2, 0.25) is 0 Å². The van der Waals surface area contributed by atoms with E-state index < -0.39 is 7.26 Å². The minimum Gasteiger partial charge on any atom is -0.463 e. The van der Waals surface area contributed by atoms with Crippen LogP contribution in [0.1, 0.15) is 6.42 Å². The van der Waals surface area contributed by atoms with Gasteiger partial charge in [0.15, 0.2) is 6.16 Å². The standard InChI is InChI=1S/C23H24O3P/c24-17-10-18-26-23(25)19-27(20-11-4-1-5-12-20,21-13-6-2-7-14-21)22-15-8-3-9-16-22/h1-9,11-16,24H,10,17-19H2/q+1. The van der Waals surface area contributed by atoms with Gasteiger partial charge in [-0.05, 0) is 36.4 Å². The van der Waals surface area contributed by atoms with Gasteiger partial charge in [-0.2, -0.15) is 0 Å². The summed E-state index contributed by atoms with van der Waals surface area (Å²) in [6.45, 7) is 0.261. The zero-order valence-electron chi connectivity index (χ0n) is 15.2. The highest BCUT2D eigenvalue weighted by Crippen LogP contribution is 2.55. The van der Waals surface area contributed by atoms with Crippen molar-refractivity contribution in [2.75, 3.05) is 19.4 Å². The zero-order chi connectivity index (χ0) is 19.0. The van der Waals surface area contributed by atoms with Crippen molar-refractivity contribution in [3.63, 3.8) is 0 Å². The first kappa shape index (κ1) is 19.3. The zero-order valence-corrected chi connectivity index (χ0v) is 16.1. The topological polar surface area (TPSA) is 46.5 Å². The Balaban J connectivity index is 2.12. The van der Waals surface area contributed by atoms with Crippen LogP contribution in [-0.2, 0) is 9.53 Å². The number of benzene rings is 3. The van der Waals surface area contributed by atoms with Crippen molar-refractivity contribution in [1.29, 1.82) is 0 Å². The van der Waals surface area contributed by atoms with E-state index in [1.54, 1.807) is 0 Å². The maximum atomic E-state index is 12.8. The molecule has 0 amide bonds. The summed E-state index contributed by atoms with van der Waals surface area (Å²) in [6.07, 6.45) is 0.760. The van der Waals surface area contributed by atoms with Crippen LogP contribution in [0, 0.1) is 0 Å². The highest BCUT2D eigenvalue weighted by atomic mass is 31.2. The predicted octanol–water partition coefficient (Wildman–Crippen LogP) is 2.91. The Labute approximate surface area is 161 Å². The predicted molar refractivity (Wildman–Crippen MR) is 113 cm³/mol. The third kappa shape index (κ3) is 4.44. The molecule has 0 spiro atoms. The monoisotopic (exact) mass is 379 g/mol. The van der Waals surface area contributed by atoms with Crippen LogP contribution in [0.15, 0.2) is 91.0 Å². The first-order valence-electron chi connectivity index (χ1n) is 9.09. The van der Waals surface area contributed by atoms with E-state index in [0.29, 0.717) is 12.6 Å². The van der Waals surface area contributed by atoms with Crippen molar-refractivity contribution < 1.29 is 14.6 Å². The Bertz CT molecular complexity index is 739. The third-order valence-corrected chi connectivity index (χ3v) is 8.79. The number of carbonyl (C=O) groups is 1. The number of hydrogen-bond acceptors (Lipinski definition) is 3. The Hall–Kier alpha value is -2.48. The van der Waals surface area contributed by atoms with E-state index in [9.17, 15) is 4.79 Å². The molecule has 0 saturated heterocycles. The van der Waals surface area contributed by atoms with E-state index in [4.69, 9.17) is 9.84 Å². The first-order chi connectivity index (χ1) is 13.3. The molecule has 0 heterocycles. The average molecular weight is 379 g/mol. The second-order valence-corrected chi connectivity index (χ2v) is 9.76. The molecule has 27 heavy (non-hydrogen) atoms. The number of aliphatic hydroxyl groups excluding tert-OH is 1. The number of rotatable bonds is 8. The number of ether oxygens (including phenoxy) is 1. The highest BCUT2D eigenvalue weighted by Gasteiger charge is 2.47. The fourth-order valence-corrected chi connectivity index (χ4v) is 7.22. The van der Waals surface area contributed by atoms with E-state index >= 15 is 0 Å². The van der Waals surface area contributed by atoms with Crippen LogP contribution in [0.3, 0.4) is 0 Å². The molecule has 3 aromatic carbocycles. The summed E-state index contributed by atoms with van der Waals surface area (Å²) < 4.78 is 5.43. The molecule has 0 atom stereocenters. The fraction of sp³-hybridized carbons (Fsp3) is 0.174. The van der Waals surface area contributed by atoms with Crippen molar-refractivity contribution >= 4 is 29.1 Å². The number of aliphatic hydroxyl groups is 1. The quantitative estimate of drug-likeness (QED) is 0.372. The molecular formula is C23H24O3P+. The minimum absolute atomic E-state index is 0.0175. The summed E-state index contributed by atoms with van der Waals surface area (Å²) in [7, 11) is -2.20. The van der Waals surface area contributed by atoms with Gasteiger partial charge < -0.3 is 9.84 Å². The Morgan fingerprint density at radius 3 is 1.52 bits per heavy atom. The largest absolute Gasteiger partial charge is 0.463 e. The minimum atomic E-state index is -2.20. The number of hydrogen-bond donors (Lipinski definition) is 1. The molecule has 0 fully saturated rings. The van der Waals surface area contributed by atoms with Gasteiger partial charge in [-0.15, -0.1) is 0 Å². The van der Waals surface area contributed by atoms with E-state index in [1.165, 1.54) is 0 Å². The van der Waals surface area contributed by atoms with Gasteiger partial charge in [0.1, 0.15) is 23.2 Å². The SMILES string of the molecule is O=C(C[P+](c1ccccc1)(c1ccccc1)c1ccccc1)OCCCO. The van der Waals surface area contributed by atoms with E-state index in [1.807, 2.05) is 54.6 Å². The fourth-order valence-electron chi connectivity index (χ4n) is 3.26. The van der Waals surface area contributed by atoms with Gasteiger partial charge in [0, 0.05) is 13.0 Å². The third-order valence-electron chi connectivity index (χ3n) is 4.52. The van der Waals surface area contributed by atoms with Crippen molar-refractivity contribution in [2.24, 2.45) is 0 Å². The maximum absolute atomic E-state index is 12.8. The molecule has 0 radical (unpaired) electrons. The lowest BCUT2D eigenvalue weighted by atomic mass is 10.4. The van der Waals surface area contributed by atoms with E-state index in [0.717, 1.165) is 15.9 Å².